The maximum Gasteiger partial charge on any atom is 0.193 e. The van der Waals surface area contributed by atoms with Crippen molar-refractivity contribution in [1.29, 1.82) is 0 Å². The summed E-state index contributed by atoms with van der Waals surface area (Å²) >= 11 is 0. The monoisotopic (exact) mass is 341 g/mol. The first-order chi connectivity index (χ1) is 12.7. The molecule has 1 heterocycles. The Bertz CT molecular complexity index is 965. The highest BCUT2D eigenvalue weighted by molar-refractivity contribution is 6.10. The molecule has 4 rings (SSSR count). The SMILES string of the molecule is CN(/C=C1\CCc2nc(-c3ccccc3)ncc2C1=O)c1ccccc1. The summed E-state index contributed by atoms with van der Waals surface area (Å²) in [5.41, 5.74) is 4.26. The van der Waals surface area contributed by atoms with Crippen LogP contribution in [0, 0.1) is 0 Å². The Morgan fingerprint density at radius 3 is 2.38 bits per heavy atom. The number of ketones is 1. The van der Waals surface area contributed by atoms with Crippen molar-refractivity contribution in [2.24, 2.45) is 0 Å². The fourth-order valence-corrected chi connectivity index (χ4v) is 3.16. The number of anilines is 1. The summed E-state index contributed by atoms with van der Waals surface area (Å²) in [6.07, 6.45) is 5.03. The largest absolute Gasteiger partial charge is 0.351 e. The Kier molecular flexibility index (Phi) is 4.32. The van der Waals surface area contributed by atoms with Crippen molar-refractivity contribution in [3.8, 4) is 11.4 Å². The van der Waals surface area contributed by atoms with Crippen LogP contribution in [0.15, 0.2) is 78.6 Å². The first-order valence-electron chi connectivity index (χ1n) is 8.67. The molecule has 0 unspecified atom stereocenters. The number of Topliss-reactive ketones (excluding diaryl/α,β-unsaturated/α-hetero) is 1. The second-order valence-electron chi connectivity index (χ2n) is 6.35. The molecule has 0 aliphatic heterocycles. The van der Waals surface area contributed by atoms with E-state index in [9.17, 15) is 4.79 Å². The molecule has 1 aliphatic rings. The van der Waals surface area contributed by atoms with Gasteiger partial charge in [0, 0.05) is 36.3 Å². The Morgan fingerprint density at radius 2 is 1.65 bits per heavy atom. The topological polar surface area (TPSA) is 46.1 Å². The van der Waals surface area contributed by atoms with E-state index in [-0.39, 0.29) is 5.78 Å². The summed E-state index contributed by atoms with van der Waals surface area (Å²) in [6, 6.07) is 19.8. The summed E-state index contributed by atoms with van der Waals surface area (Å²) in [5.74, 6) is 0.694. The first-order valence-corrected chi connectivity index (χ1v) is 8.67. The third kappa shape index (κ3) is 3.14. The zero-order valence-electron chi connectivity index (χ0n) is 14.6. The molecule has 3 aromatic rings. The smallest absolute Gasteiger partial charge is 0.193 e. The zero-order chi connectivity index (χ0) is 17.9. The fourth-order valence-electron chi connectivity index (χ4n) is 3.16. The van der Waals surface area contributed by atoms with Crippen molar-refractivity contribution in [3.05, 3.63) is 89.9 Å². The molecule has 26 heavy (non-hydrogen) atoms. The molecular formula is C22H19N3O. The van der Waals surface area contributed by atoms with Gasteiger partial charge in [0.1, 0.15) is 0 Å². The fraction of sp³-hybridized carbons (Fsp3) is 0.136. The minimum Gasteiger partial charge on any atom is -0.351 e. The number of carbonyl (C=O) groups excluding carboxylic acids is 1. The van der Waals surface area contributed by atoms with Gasteiger partial charge in [-0.25, -0.2) is 9.97 Å². The van der Waals surface area contributed by atoms with E-state index in [0.29, 0.717) is 17.8 Å². The molecule has 2 aromatic carbocycles. The Balaban J connectivity index is 1.62. The van der Waals surface area contributed by atoms with Crippen LogP contribution in [0.25, 0.3) is 11.4 Å². The van der Waals surface area contributed by atoms with Gasteiger partial charge in [-0.2, -0.15) is 0 Å². The van der Waals surface area contributed by atoms with Crippen molar-refractivity contribution >= 4 is 11.5 Å². The molecule has 0 spiro atoms. The molecule has 0 atom stereocenters. The molecule has 0 amide bonds. The average molecular weight is 341 g/mol. The molecule has 0 bridgehead atoms. The van der Waals surface area contributed by atoms with E-state index in [1.54, 1.807) is 6.20 Å². The third-order valence-electron chi connectivity index (χ3n) is 4.58. The normalized spacial score (nSPS) is 15.0. The van der Waals surface area contributed by atoms with Crippen LogP contribution in [0.5, 0.6) is 0 Å². The lowest BCUT2D eigenvalue weighted by molar-refractivity contribution is 0.102. The van der Waals surface area contributed by atoms with Gasteiger partial charge >= 0.3 is 0 Å². The minimum absolute atomic E-state index is 0.0219. The van der Waals surface area contributed by atoms with Gasteiger partial charge in [-0.3, -0.25) is 4.79 Å². The second-order valence-corrected chi connectivity index (χ2v) is 6.35. The predicted molar refractivity (Wildman–Crippen MR) is 103 cm³/mol. The molecule has 0 saturated heterocycles. The summed E-state index contributed by atoms with van der Waals surface area (Å²) in [4.78, 5) is 23.9. The van der Waals surface area contributed by atoms with Crippen molar-refractivity contribution in [2.75, 3.05) is 11.9 Å². The third-order valence-corrected chi connectivity index (χ3v) is 4.58. The Labute approximate surface area is 152 Å². The zero-order valence-corrected chi connectivity index (χ0v) is 14.6. The standard InChI is InChI=1S/C22H19N3O/c1-25(18-10-6-3-7-11-18)15-17-12-13-20-19(21(17)26)14-23-22(24-20)16-8-4-2-5-9-16/h2-11,14-15H,12-13H2,1H3/b17-15+. The van der Waals surface area contributed by atoms with Crippen LogP contribution in [0.2, 0.25) is 0 Å². The highest BCUT2D eigenvalue weighted by Gasteiger charge is 2.24. The quantitative estimate of drug-likeness (QED) is 0.667. The van der Waals surface area contributed by atoms with Crippen molar-refractivity contribution < 1.29 is 4.79 Å². The van der Waals surface area contributed by atoms with Gasteiger partial charge < -0.3 is 4.90 Å². The van der Waals surface area contributed by atoms with Crippen LogP contribution in [-0.2, 0) is 6.42 Å². The number of nitrogens with zero attached hydrogens (tertiary/aromatic N) is 3. The summed E-state index contributed by atoms with van der Waals surface area (Å²) < 4.78 is 0. The van der Waals surface area contributed by atoms with Gasteiger partial charge in [0.15, 0.2) is 11.6 Å². The van der Waals surface area contributed by atoms with Crippen LogP contribution in [-0.4, -0.2) is 22.8 Å². The minimum atomic E-state index is 0.0219. The second kappa shape index (κ2) is 6.92. The summed E-state index contributed by atoms with van der Waals surface area (Å²) in [7, 11) is 1.96. The number of hydrogen-bond donors (Lipinski definition) is 0. The molecule has 1 aliphatic carbocycles. The number of carbonyl (C=O) groups is 1. The lowest BCUT2D eigenvalue weighted by atomic mass is 9.91. The molecule has 0 saturated carbocycles. The van der Waals surface area contributed by atoms with Crippen molar-refractivity contribution in [2.45, 2.75) is 12.8 Å². The van der Waals surface area contributed by atoms with E-state index < -0.39 is 0 Å². The lowest BCUT2D eigenvalue weighted by Crippen LogP contribution is -2.20. The van der Waals surface area contributed by atoms with Gasteiger partial charge in [-0.1, -0.05) is 48.5 Å². The van der Waals surface area contributed by atoms with Gasteiger partial charge in [-0.05, 0) is 25.0 Å². The maximum absolute atomic E-state index is 12.9. The highest BCUT2D eigenvalue weighted by Crippen LogP contribution is 2.26. The molecule has 0 N–H and O–H groups in total. The van der Waals surface area contributed by atoms with Crippen molar-refractivity contribution in [3.63, 3.8) is 0 Å². The summed E-state index contributed by atoms with van der Waals surface area (Å²) in [5, 5.41) is 0. The maximum atomic E-state index is 12.9. The van der Waals surface area contributed by atoms with E-state index in [2.05, 4.69) is 9.97 Å². The Hall–Kier alpha value is -3.27. The molecule has 4 nitrogen and oxygen atoms in total. The van der Waals surface area contributed by atoms with Gasteiger partial charge in [0.05, 0.1) is 11.3 Å². The number of hydrogen-bond acceptors (Lipinski definition) is 4. The number of benzene rings is 2. The number of aromatic nitrogens is 2. The predicted octanol–water partition coefficient (Wildman–Crippen LogP) is 4.29. The van der Waals surface area contributed by atoms with Crippen LogP contribution >= 0.6 is 0 Å². The van der Waals surface area contributed by atoms with E-state index in [4.69, 9.17) is 0 Å². The van der Waals surface area contributed by atoms with E-state index >= 15 is 0 Å². The molecule has 4 heteroatoms. The van der Waals surface area contributed by atoms with Gasteiger partial charge in [0.25, 0.3) is 0 Å². The number of para-hydroxylation sites is 1. The van der Waals surface area contributed by atoms with Gasteiger partial charge in [-0.15, -0.1) is 0 Å². The van der Waals surface area contributed by atoms with E-state index in [0.717, 1.165) is 28.9 Å². The van der Waals surface area contributed by atoms with E-state index in [1.807, 2.05) is 78.8 Å². The molecule has 128 valence electrons. The number of rotatable bonds is 3. The highest BCUT2D eigenvalue weighted by atomic mass is 16.1. The van der Waals surface area contributed by atoms with E-state index in [1.165, 1.54) is 0 Å². The average Bonchev–Trinajstić information content (AvgIpc) is 2.71. The molecule has 0 radical (unpaired) electrons. The van der Waals surface area contributed by atoms with Crippen LogP contribution in [0.4, 0.5) is 5.69 Å². The van der Waals surface area contributed by atoms with Crippen LogP contribution in [0.1, 0.15) is 22.5 Å². The lowest BCUT2D eigenvalue weighted by Gasteiger charge is -2.20. The van der Waals surface area contributed by atoms with Gasteiger partial charge in [0.2, 0.25) is 0 Å². The molecule has 1 aromatic heterocycles. The van der Waals surface area contributed by atoms with Crippen molar-refractivity contribution in [1.82, 2.24) is 9.97 Å². The number of aryl methyl sites for hydroxylation is 1. The molecule has 0 fully saturated rings. The summed E-state index contributed by atoms with van der Waals surface area (Å²) in [6.45, 7) is 0. The number of fused-ring (bicyclic) bond motifs is 1. The first kappa shape index (κ1) is 16.2. The molecular weight excluding hydrogens is 322 g/mol. The van der Waals surface area contributed by atoms with Crippen LogP contribution in [0.3, 0.4) is 0 Å². The number of allylic oxidation sites excluding steroid dienone is 1. The Morgan fingerprint density at radius 1 is 0.962 bits per heavy atom. The van der Waals surface area contributed by atoms with Crippen LogP contribution < -0.4 is 4.90 Å².